The van der Waals surface area contributed by atoms with Gasteiger partial charge in [-0.15, -0.1) is 0 Å². The molecule has 1 aliphatic heterocycles. The third kappa shape index (κ3) is 7.75. The number of nitrogens with zero attached hydrogens (tertiary/aromatic N) is 1. The van der Waals surface area contributed by atoms with Crippen LogP contribution in [0.15, 0.2) is 77.7 Å². The Morgan fingerprint density at radius 2 is 1.42 bits per heavy atom. The van der Waals surface area contributed by atoms with Gasteiger partial charge in [-0.3, -0.25) is 4.79 Å². The lowest BCUT2D eigenvalue weighted by molar-refractivity contribution is -0.145. The summed E-state index contributed by atoms with van der Waals surface area (Å²) < 4.78 is 67.2. The van der Waals surface area contributed by atoms with Crippen molar-refractivity contribution in [1.82, 2.24) is 9.62 Å². The van der Waals surface area contributed by atoms with Crippen LogP contribution in [0.1, 0.15) is 56.9 Å². The van der Waals surface area contributed by atoms with Gasteiger partial charge in [0, 0.05) is 23.7 Å². The van der Waals surface area contributed by atoms with E-state index in [0.29, 0.717) is 54.8 Å². The van der Waals surface area contributed by atoms with Crippen LogP contribution in [-0.2, 0) is 20.7 Å². The van der Waals surface area contributed by atoms with Crippen LogP contribution in [0.4, 0.5) is 8.78 Å². The molecule has 1 saturated heterocycles. The van der Waals surface area contributed by atoms with Crippen LogP contribution in [0.5, 0.6) is 5.75 Å². The minimum absolute atomic E-state index is 0.220. The summed E-state index contributed by atoms with van der Waals surface area (Å²) in [5.41, 5.74) is 1.00. The normalized spacial score (nSPS) is 17.4. The van der Waals surface area contributed by atoms with E-state index in [9.17, 15) is 13.2 Å². The molecule has 3 aromatic rings. The maximum atomic E-state index is 16.2. The topological polar surface area (TPSA) is 75.7 Å². The number of likely N-dealkylation sites (tertiary alicyclic amines) is 1. The third-order valence-electron chi connectivity index (χ3n) is 8.34. The molecule has 230 valence electrons. The van der Waals surface area contributed by atoms with Crippen molar-refractivity contribution in [1.29, 1.82) is 0 Å². The number of carbonyl (C=O) groups excluding carboxylic acids is 1. The Kier molecular flexibility index (Phi) is 10.0. The zero-order valence-electron chi connectivity index (χ0n) is 24.0. The van der Waals surface area contributed by atoms with Crippen LogP contribution in [-0.4, -0.2) is 45.0 Å². The first kappa shape index (κ1) is 31.4. The zero-order valence-corrected chi connectivity index (χ0v) is 25.6. The SMILES string of the molecule is O=C(C(NS(=O)(=O)c1ccc(OCC2CCCCC2)cc1)C(F)(F)c1ccc(-c2ccc(Cl)cc2)cc1)N1CCCCC1. The second kappa shape index (κ2) is 13.7. The van der Waals surface area contributed by atoms with E-state index in [-0.39, 0.29) is 4.90 Å². The molecule has 3 aromatic carbocycles. The molecular formula is C33H37ClF2N2O4S. The molecule has 2 fully saturated rings. The highest BCUT2D eigenvalue weighted by Gasteiger charge is 2.49. The molecule has 0 bridgehead atoms. The highest BCUT2D eigenvalue weighted by atomic mass is 35.5. The molecule has 1 aliphatic carbocycles. The van der Waals surface area contributed by atoms with Gasteiger partial charge in [-0.1, -0.05) is 67.3 Å². The fraction of sp³-hybridized carbons (Fsp3) is 0.424. The monoisotopic (exact) mass is 630 g/mol. The molecule has 0 spiro atoms. The second-order valence-electron chi connectivity index (χ2n) is 11.4. The molecule has 6 nitrogen and oxygen atoms in total. The Balaban J connectivity index is 1.36. The number of sulfonamides is 1. The average molecular weight is 631 g/mol. The number of hydrogen-bond donors (Lipinski definition) is 1. The number of halogens is 3. The number of carbonyl (C=O) groups is 1. The lowest BCUT2D eigenvalue weighted by atomic mass is 9.90. The fourth-order valence-corrected chi connectivity index (χ4v) is 7.09. The third-order valence-corrected chi connectivity index (χ3v) is 10.0. The first-order valence-corrected chi connectivity index (χ1v) is 16.8. The molecule has 43 heavy (non-hydrogen) atoms. The summed E-state index contributed by atoms with van der Waals surface area (Å²) in [7, 11) is -4.49. The molecule has 1 saturated carbocycles. The van der Waals surface area contributed by atoms with E-state index >= 15 is 8.78 Å². The number of benzene rings is 3. The van der Waals surface area contributed by atoms with Crippen molar-refractivity contribution in [2.45, 2.75) is 68.2 Å². The van der Waals surface area contributed by atoms with Crippen molar-refractivity contribution in [3.63, 3.8) is 0 Å². The van der Waals surface area contributed by atoms with E-state index in [0.717, 1.165) is 24.8 Å². The molecule has 10 heteroatoms. The van der Waals surface area contributed by atoms with Crippen LogP contribution in [0, 0.1) is 5.92 Å². The van der Waals surface area contributed by atoms with Gasteiger partial charge in [0.1, 0.15) is 5.75 Å². The summed E-state index contributed by atoms with van der Waals surface area (Å²) in [5.74, 6) is -3.79. The van der Waals surface area contributed by atoms with Crippen LogP contribution in [0.3, 0.4) is 0 Å². The molecule has 2 aliphatic rings. The number of piperidine rings is 1. The van der Waals surface area contributed by atoms with Crippen molar-refractivity contribution in [3.05, 3.63) is 83.4 Å². The number of amides is 1. The lowest BCUT2D eigenvalue weighted by Gasteiger charge is -2.34. The Labute approximate surface area is 257 Å². The average Bonchev–Trinajstić information content (AvgIpc) is 3.04. The van der Waals surface area contributed by atoms with Gasteiger partial charge in [0.2, 0.25) is 15.9 Å². The predicted molar refractivity (Wildman–Crippen MR) is 164 cm³/mol. The number of alkyl halides is 2. The van der Waals surface area contributed by atoms with Crippen LogP contribution in [0.2, 0.25) is 5.02 Å². The maximum absolute atomic E-state index is 16.2. The van der Waals surface area contributed by atoms with Gasteiger partial charge in [-0.2, -0.15) is 13.5 Å². The number of rotatable bonds is 10. The van der Waals surface area contributed by atoms with E-state index in [1.807, 2.05) is 0 Å². The Bertz CT molecular complexity index is 1470. The molecule has 1 amide bonds. The van der Waals surface area contributed by atoms with Gasteiger partial charge in [-0.05, 0) is 85.5 Å². The van der Waals surface area contributed by atoms with Gasteiger partial charge < -0.3 is 9.64 Å². The van der Waals surface area contributed by atoms with Gasteiger partial charge in [0.25, 0.3) is 5.92 Å². The van der Waals surface area contributed by atoms with Gasteiger partial charge in [0.15, 0.2) is 6.04 Å². The molecule has 1 atom stereocenters. The van der Waals surface area contributed by atoms with E-state index in [2.05, 4.69) is 4.72 Å². The molecule has 0 aromatic heterocycles. The highest BCUT2D eigenvalue weighted by Crippen LogP contribution is 2.36. The minimum atomic E-state index is -4.49. The molecule has 0 radical (unpaired) electrons. The van der Waals surface area contributed by atoms with E-state index < -0.39 is 33.5 Å². The number of nitrogens with one attached hydrogen (secondary N) is 1. The summed E-state index contributed by atoms with van der Waals surface area (Å²) in [6.45, 7) is 1.16. The fourth-order valence-electron chi connectivity index (χ4n) is 5.78. The summed E-state index contributed by atoms with van der Waals surface area (Å²) in [6.07, 6.45) is 8.07. The van der Waals surface area contributed by atoms with Crippen molar-refractivity contribution in [2.75, 3.05) is 19.7 Å². The highest BCUT2D eigenvalue weighted by molar-refractivity contribution is 7.89. The van der Waals surface area contributed by atoms with E-state index in [1.165, 1.54) is 72.7 Å². The molecule has 1 heterocycles. The standard InChI is InChI=1S/C33H37ClF2N2O4S/c34-28-15-11-26(12-16-28)25-9-13-27(14-10-25)33(35,36)31(32(39)38-21-5-2-6-22-38)37-43(40,41)30-19-17-29(18-20-30)42-23-24-7-3-1-4-8-24/h9-20,24,31,37H,1-8,21-23H2. The van der Waals surface area contributed by atoms with Gasteiger partial charge in [0.05, 0.1) is 11.5 Å². The summed E-state index contributed by atoms with van der Waals surface area (Å²) in [4.78, 5) is 14.6. The molecule has 1 unspecified atom stereocenters. The Hall–Kier alpha value is -3.01. The Morgan fingerprint density at radius 1 is 0.860 bits per heavy atom. The first-order valence-electron chi connectivity index (χ1n) is 14.9. The van der Waals surface area contributed by atoms with Crippen LogP contribution < -0.4 is 9.46 Å². The Morgan fingerprint density at radius 3 is 2.02 bits per heavy atom. The predicted octanol–water partition coefficient (Wildman–Crippen LogP) is 7.42. The summed E-state index contributed by atoms with van der Waals surface area (Å²) in [6, 6.07) is 15.8. The summed E-state index contributed by atoms with van der Waals surface area (Å²) in [5, 5.41) is 0.555. The van der Waals surface area contributed by atoms with Crippen molar-refractivity contribution >= 4 is 27.5 Å². The van der Waals surface area contributed by atoms with Crippen molar-refractivity contribution < 1.29 is 26.7 Å². The molecule has 5 rings (SSSR count). The van der Waals surface area contributed by atoms with Crippen LogP contribution >= 0.6 is 11.6 Å². The minimum Gasteiger partial charge on any atom is -0.493 e. The van der Waals surface area contributed by atoms with E-state index in [4.69, 9.17) is 16.3 Å². The van der Waals surface area contributed by atoms with Crippen molar-refractivity contribution in [2.24, 2.45) is 5.92 Å². The molecule has 1 N–H and O–H groups in total. The number of ether oxygens (including phenoxy) is 1. The first-order chi connectivity index (χ1) is 20.6. The van der Waals surface area contributed by atoms with E-state index in [1.54, 1.807) is 24.3 Å². The largest absolute Gasteiger partial charge is 0.493 e. The van der Waals surface area contributed by atoms with Gasteiger partial charge in [-0.25, -0.2) is 8.42 Å². The summed E-state index contributed by atoms with van der Waals surface area (Å²) >= 11 is 5.96. The second-order valence-corrected chi connectivity index (χ2v) is 13.6. The molecular weight excluding hydrogens is 594 g/mol. The lowest BCUT2D eigenvalue weighted by Crippen LogP contribution is -2.56. The van der Waals surface area contributed by atoms with Crippen molar-refractivity contribution in [3.8, 4) is 16.9 Å². The zero-order chi connectivity index (χ0) is 30.5. The van der Waals surface area contributed by atoms with Crippen LogP contribution in [0.25, 0.3) is 11.1 Å². The quantitative estimate of drug-likeness (QED) is 0.253. The van der Waals surface area contributed by atoms with Gasteiger partial charge >= 0.3 is 0 Å². The maximum Gasteiger partial charge on any atom is 0.298 e. The smallest absolute Gasteiger partial charge is 0.298 e. The number of hydrogen-bond acceptors (Lipinski definition) is 4.